The highest BCUT2D eigenvalue weighted by molar-refractivity contribution is 5.43. The summed E-state index contributed by atoms with van der Waals surface area (Å²) in [7, 11) is 4.07. The van der Waals surface area contributed by atoms with Crippen LogP contribution < -0.4 is 5.32 Å². The summed E-state index contributed by atoms with van der Waals surface area (Å²) in [6, 6.07) is 5.93. The van der Waals surface area contributed by atoms with Gasteiger partial charge in [0.05, 0.1) is 4.92 Å². The fraction of sp³-hybridized carbons (Fsp3) is 0.571. The molecule has 0 saturated heterocycles. The third kappa shape index (κ3) is 4.29. The molecule has 0 aliphatic rings. The molecule has 1 N–H and O–H groups in total. The number of nitro groups is 1. The third-order valence-corrected chi connectivity index (χ3v) is 3.53. The molecule has 0 saturated carbocycles. The van der Waals surface area contributed by atoms with Crippen molar-refractivity contribution < 1.29 is 4.92 Å². The summed E-state index contributed by atoms with van der Waals surface area (Å²) in [6.07, 6.45) is 0. The molecule has 0 bridgehead atoms. The number of likely N-dealkylation sites (N-methyl/N-ethyl adjacent to an activating group) is 1. The van der Waals surface area contributed by atoms with Crippen LogP contribution in [0.3, 0.4) is 0 Å². The Morgan fingerprint density at radius 3 is 2.53 bits per heavy atom. The molecular weight excluding hydrogens is 242 g/mol. The van der Waals surface area contributed by atoms with E-state index in [1.807, 2.05) is 27.1 Å². The summed E-state index contributed by atoms with van der Waals surface area (Å²) in [5.41, 5.74) is 1.83. The van der Waals surface area contributed by atoms with Crippen LogP contribution in [0.25, 0.3) is 0 Å². The van der Waals surface area contributed by atoms with Crippen LogP contribution in [-0.2, 0) is 0 Å². The van der Waals surface area contributed by atoms with Crippen molar-refractivity contribution >= 4 is 5.69 Å². The predicted molar refractivity (Wildman–Crippen MR) is 77.4 cm³/mol. The minimum Gasteiger partial charge on any atom is -0.309 e. The van der Waals surface area contributed by atoms with Crippen molar-refractivity contribution in [2.45, 2.75) is 32.9 Å². The lowest BCUT2D eigenvalue weighted by molar-refractivity contribution is -0.385. The van der Waals surface area contributed by atoms with Gasteiger partial charge in [0, 0.05) is 30.3 Å². The Morgan fingerprint density at radius 1 is 1.37 bits per heavy atom. The lowest BCUT2D eigenvalue weighted by Crippen LogP contribution is -2.36. The molecule has 5 heteroatoms. The van der Waals surface area contributed by atoms with Crippen LogP contribution in [0.1, 0.15) is 31.0 Å². The summed E-state index contributed by atoms with van der Waals surface area (Å²) >= 11 is 0. The molecule has 0 fully saturated rings. The van der Waals surface area contributed by atoms with E-state index in [9.17, 15) is 10.1 Å². The normalized spacial score (nSPS) is 14.4. The van der Waals surface area contributed by atoms with E-state index >= 15 is 0 Å². The first kappa shape index (κ1) is 15.6. The van der Waals surface area contributed by atoms with Gasteiger partial charge in [0.2, 0.25) is 0 Å². The Balaban J connectivity index is 2.75. The topological polar surface area (TPSA) is 58.4 Å². The van der Waals surface area contributed by atoms with Crippen LogP contribution >= 0.6 is 0 Å². The molecule has 0 amide bonds. The van der Waals surface area contributed by atoms with Crippen LogP contribution in [0.15, 0.2) is 18.2 Å². The molecule has 1 aromatic rings. The average molecular weight is 265 g/mol. The Kier molecular flexibility index (Phi) is 5.44. The van der Waals surface area contributed by atoms with Crippen LogP contribution in [-0.4, -0.2) is 36.5 Å². The molecule has 0 aliphatic heterocycles. The molecule has 19 heavy (non-hydrogen) atoms. The van der Waals surface area contributed by atoms with E-state index in [1.165, 1.54) is 0 Å². The van der Waals surface area contributed by atoms with Gasteiger partial charge in [-0.05, 0) is 40.4 Å². The maximum atomic E-state index is 10.9. The quantitative estimate of drug-likeness (QED) is 0.634. The Labute approximate surface area is 114 Å². The molecule has 2 atom stereocenters. The van der Waals surface area contributed by atoms with Crippen molar-refractivity contribution in [2.24, 2.45) is 0 Å². The van der Waals surface area contributed by atoms with Gasteiger partial charge in [0.25, 0.3) is 5.69 Å². The van der Waals surface area contributed by atoms with E-state index in [4.69, 9.17) is 0 Å². The predicted octanol–water partition coefficient (Wildman–Crippen LogP) is 2.50. The van der Waals surface area contributed by atoms with Gasteiger partial charge in [0.15, 0.2) is 0 Å². The third-order valence-electron chi connectivity index (χ3n) is 3.53. The highest BCUT2D eigenvalue weighted by Gasteiger charge is 2.15. The monoisotopic (exact) mass is 265 g/mol. The average Bonchev–Trinajstić information content (AvgIpc) is 2.35. The molecule has 1 aromatic carbocycles. The highest BCUT2D eigenvalue weighted by atomic mass is 16.6. The Hall–Kier alpha value is -1.46. The molecular formula is C14H23N3O2. The molecule has 0 radical (unpaired) electrons. The number of nitrogens with zero attached hydrogens (tertiary/aromatic N) is 2. The van der Waals surface area contributed by atoms with Crippen LogP contribution in [0.4, 0.5) is 5.69 Å². The number of rotatable bonds is 6. The summed E-state index contributed by atoms with van der Waals surface area (Å²) in [4.78, 5) is 12.7. The zero-order valence-corrected chi connectivity index (χ0v) is 12.3. The molecule has 106 valence electrons. The van der Waals surface area contributed by atoms with Gasteiger partial charge >= 0.3 is 0 Å². The number of aryl methyl sites for hydroxylation is 1. The Bertz CT molecular complexity index is 446. The van der Waals surface area contributed by atoms with E-state index in [-0.39, 0.29) is 16.7 Å². The van der Waals surface area contributed by atoms with Gasteiger partial charge in [-0.15, -0.1) is 0 Å². The minimum atomic E-state index is -0.325. The lowest BCUT2D eigenvalue weighted by Gasteiger charge is -2.23. The smallest absolute Gasteiger partial charge is 0.272 e. The van der Waals surface area contributed by atoms with Crippen molar-refractivity contribution in [3.8, 4) is 0 Å². The van der Waals surface area contributed by atoms with Gasteiger partial charge in [-0.25, -0.2) is 0 Å². The molecule has 5 nitrogen and oxygen atoms in total. The minimum absolute atomic E-state index is 0.0988. The highest BCUT2D eigenvalue weighted by Crippen LogP contribution is 2.23. The Morgan fingerprint density at radius 2 is 2.00 bits per heavy atom. The number of benzene rings is 1. The summed E-state index contributed by atoms with van der Waals surface area (Å²) in [5, 5.41) is 14.3. The second-order valence-electron chi connectivity index (χ2n) is 5.25. The van der Waals surface area contributed by atoms with Gasteiger partial charge in [0.1, 0.15) is 0 Å². The van der Waals surface area contributed by atoms with Gasteiger partial charge in [-0.2, -0.15) is 0 Å². The number of nitro benzene ring substituents is 1. The largest absolute Gasteiger partial charge is 0.309 e. The SMILES string of the molecule is Cc1ccc(C(C)NCC(C)N(C)C)cc1[N+](=O)[O-]. The molecule has 0 aliphatic carbocycles. The van der Waals surface area contributed by atoms with Crippen molar-refractivity contribution in [1.82, 2.24) is 10.2 Å². The van der Waals surface area contributed by atoms with Crippen LogP contribution in [0.5, 0.6) is 0 Å². The van der Waals surface area contributed by atoms with E-state index in [1.54, 1.807) is 19.1 Å². The summed E-state index contributed by atoms with van der Waals surface area (Å²) in [5.74, 6) is 0. The lowest BCUT2D eigenvalue weighted by atomic mass is 10.0. The first-order valence-corrected chi connectivity index (χ1v) is 6.47. The van der Waals surface area contributed by atoms with E-state index in [0.717, 1.165) is 12.1 Å². The van der Waals surface area contributed by atoms with Gasteiger partial charge in [-0.3, -0.25) is 10.1 Å². The maximum absolute atomic E-state index is 10.9. The standard InChI is InChI=1S/C14H23N3O2/c1-10-6-7-13(8-14(10)17(18)19)12(3)15-9-11(2)16(4)5/h6-8,11-12,15H,9H2,1-5H3. The molecule has 2 unspecified atom stereocenters. The first-order chi connectivity index (χ1) is 8.82. The maximum Gasteiger partial charge on any atom is 0.272 e. The number of hydrogen-bond acceptors (Lipinski definition) is 4. The first-order valence-electron chi connectivity index (χ1n) is 6.47. The second kappa shape index (κ2) is 6.63. The fourth-order valence-electron chi connectivity index (χ4n) is 1.74. The molecule has 0 heterocycles. The van der Waals surface area contributed by atoms with E-state index in [0.29, 0.717) is 11.6 Å². The van der Waals surface area contributed by atoms with E-state index < -0.39 is 0 Å². The molecule has 1 rings (SSSR count). The zero-order chi connectivity index (χ0) is 14.6. The molecule has 0 spiro atoms. The zero-order valence-electron chi connectivity index (χ0n) is 12.3. The number of hydrogen-bond donors (Lipinski definition) is 1. The van der Waals surface area contributed by atoms with Gasteiger partial charge in [-0.1, -0.05) is 12.1 Å². The van der Waals surface area contributed by atoms with Crippen molar-refractivity contribution in [1.29, 1.82) is 0 Å². The van der Waals surface area contributed by atoms with Crippen LogP contribution in [0, 0.1) is 17.0 Å². The van der Waals surface area contributed by atoms with Crippen LogP contribution in [0.2, 0.25) is 0 Å². The molecule has 0 aromatic heterocycles. The fourth-order valence-corrected chi connectivity index (χ4v) is 1.74. The summed E-state index contributed by atoms with van der Waals surface area (Å²) in [6.45, 7) is 6.76. The van der Waals surface area contributed by atoms with Crippen molar-refractivity contribution in [3.63, 3.8) is 0 Å². The van der Waals surface area contributed by atoms with E-state index in [2.05, 4.69) is 17.1 Å². The summed E-state index contributed by atoms with van der Waals surface area (Å²) < 4.78 is 0. The second-order valence-corrected chi connectivity index (χ2v) is 5.25. The van der Waals surface area contributed by atoms with Crippen molar-refractivity contribution in [2.75, 3.05) is 20.6 Å². The van der Waals surface area contributed by atoms with Crippen molar-refractivity contribution in [3.05, 3.63) is 39.4 Å². The number of nitrogens with one attached hydrogen (secondary N) is 1. The van der Waals surface area contributed by atoms with Gasteiger partial charge < -0.3 is 10.2 Å².